The van der Waals surface area contributed by atoms with E-state index in [-0.39, 0.29) is 12.6 Å². The summed E-state index contributed by atoms with van der Waals surface area (Å²) in [6, 6.07) is 14.9. The average molecular weight is 307 g/mol. The van der Waals surface area contributed by atoms with Gasteiger partial charge >= 0.3 is 5.97 Å². The third-order valence-corrected chi connectivity index (χ3v) is 3.60. The van der Waals surface area contributed by atoms with Gasteiger partial charge in [0.15, 0.2) is 0 Å². The summed E-state index contributed by atoms with van der Waals surface area (Å²) in [5, 5.41) is 2.98. The quantitative estimate of drug-likeness (QED) is 0.749. The van der Waals surface area contributed by atoms with E-state index >= 15 is 0 Å². The zero-order chi connectivity index (χ0) is 16.2. The van der Waals surface area contributed by atoms with Crippen LogP contribution >= 0.6 is 0 Å². The number of carbonyl (C=O) groups excluding carboxylic acids is 1. The van der Waals surface area contributed by atoms with Gasteiger partial charge in [0, 0.05) is 12.7 Å². The summed E-state index contributed by atoms with van der Waals surface area (Å²) in [6.07, 6.45) is 0. The van der Waals surface area contributed by atoms with Crippen LogP contribution in [0.4, 0.5) is 5.69 Å². The number of fused-ring (bicyclic) bond motifs is 1. The van der Waals surface area contributed by atoms with Crippen molar-refractivity contribution >= 4 is 22.7 Å². The zero-order valence-corrected chi connectivity index (χ0v) is 13.0. The van der Waals surface area contributed by atoms with Gasteiger partial charge in [-0.3, -0.25) is 0 Å². The van der Waals surface area contributed by atoms with Crippen molar-refractivity contribution in [2.45, 2.75) is 13.5 Å². The summed E-state index contributed by atoms with van der Waals surface area (Å²) in [5.41, 5.74) is 4.29. The maximum atomic E-state index is 12.3. The molecule has 0 aliphatic heterocycles. The van der Waals surface area contributed by atoms with Crippen LogP contribution in [0.1, 0.15) is 21.7 Å². The molecule has 1 N–H and O–H groups in total. The molecule has 3 rings (SSSR count). The van der Waals surface area contributed by atoms with E-state index in [0.717, 1.165) is 22.4 Å². The zero-order valence-electron chi connectivity index (χ0n) is 13.0. The fourth-order valence-electron chi connectivity index (χ4n) is 2.35. The number of aromatic nitrogens is 2. The Balaban J connectivity index is 1.80. The number of para-hydroxylation sites is 3. The molecule has 0 saturated carbocycles. The van der Waals surface area contributed by atoms with Crippen molar-refractivity contribution in [3.05, 3.63) is 65.5 Å². The van der Waals surface area contributed by atoms with Crippen LogP contribution in [0.2, 0.25) is 0 Å². The number of anilines is 1. The molecule has 0 radical (unpaired) electrons. The normalized spacial score (nSPS) is 10.5. The smallest absolute Gasteiger partial charge is 0.340 e. The number of ether oxygens (including phenoxy) is 1. The first-order valence-electron chi connectivity index (χ1n) is 7.35. The maximum Gasteiger partial charge on any atom is 0.340 e. The Bertz CT molecular complexity index is 862. The second-order valence-electron chi connectivity index (χ2n) is 5.12. The third kappa shape index (κ3) is 3.13. The van der Waals surface area contributed by atoms with E-state index in [1.807, 2.05) is 43.3 Å². The van der Waals surface area contributed by atoms with Gasteiger partial charge in [0.25, 0.3) is 0 Å². The largest absolute Gasteiger partial charge is 0.455 e. The minimum absolute atomic E-state index is 0.0978. The molecule has 0 aliphatic rings. The van der Waals surface area contributed by atoms with Crippen molar-refractivity contribution in [1.82, 2.24) is 9.97 Å². The summed E-state index contributed by atoms with van der Waals surface area (Å²) < 4.78 is 5.40. The number of nitrogens with zero attached hydrogens (tertiary/aromatic N) is 2. The van der Waals surface area contributed by atoms with Crippen molar-refractivity contribution in [3.8, 4) is 0 Å². The van der Waals surface area contributed by atoms with Crippen LogP contribution in [0.25, 0.3) is 11.0 Å². The molecule has 0 saturated heterocycles. The highest BCUT2D eigenvalue weighted by Gasteiger charge is 2.13. The van der Waals surface area contributed by atoms with Gasteiger partial charge in [-0.15, -0.1) is 0 Å². The summed E-state index contributed by atoms with van der Waals surface area (Å²) in [4.78, 5) is 21.3. The second-order valence-corrected chi connectivity index (χ2v) is 5.12. The van der Waals surface area contributed by atoms with E-state index in [9.17, 15) is 4.79 Å². The lowest BCUT2D eigenvalue weighted by molar-refractivity contribution is 0.0468. The molecule has 0 unspecified atom stereocenters. The Morgan fingerprint density at radius 2 is 1.70 bits per heavy atom. The minimum Gasteiger partial charge on any atom is -0.455 e. The lowest BCUT2D eigenvalue weighted by atomic mass is 10.2. The Morgan fingerprint density at radius 3 is 2.43 bits per heavy atom. The summed E-state index contributed by atoms with van der Waals surface area (Å²) >= 11 is 0. The highest BCUT2D eigenvalue weighted by Crippen LogP contribution is 2.17. The molecule has 0 spiro atoms. The topological polar surface area (TPSA) is 64.1 Å². The Morgan fingerprint density at radius 1 is 1.04 bits per heavy atom. The standard InChI is InChI=1S/C18H17N3O2/c1-12-17(21-16-10-6-5-9-15(16)20-12)11-23-18(22)13-7-3-4-8-14(13)19-2/h3-10,19H,11H2,1-2H3. The summed E-state index contributed by atoms with van der Waals surface area (Å²) in [6.45, 7) is 1.96. The molecule has 0 bridgehead atoms. The SMILES string of the molecule is CNc1ccccc1C(=O)OCc1nc2ccccc2nc1C. The Kier molecular flexibility index (Phi) is 4.19. The molecular formula is C18H17N3O2. The molecule has 0 fully saturated rings. The van der Waals surface area contributed by atoms with E-state index in [2.05, 4.69) is 15.3 Å². The van der Waals surface area contributed by atoms with Crippen molar-refractivity contribution < 1.29 is 9.53 Å². The van der Waals surface area contributed by atoms with E-state index in [0.29, 0.717) is 11.3 Å². The molecular weight excluding hydrogens is 290 g/mol. The molecule has 0 atom stereocenters. The first kappa shape index (κ1) is 15.0. The van der Waals surface area contributed by atoms with Gasteiger partial charge in [0.2, 0.25) is 0 Å². The lowest BCUT2D eigenvalue weighted by Gasteiger charge is -2.10. The Hall–Kier alpha value is -2.95. The van der Waals surface area contributed by atoms with Crippen molar-refractivity contribution in [1.29, 1.82) is 0 Å². The number of benzene rings is 2. The van der Waals surface area contributed by atoms with Crippen LogP contribution in [0.15, 0.2) is 48.5 Å². The van der Waals surface area contributed by atoms with Crippen LogP contribution in [-0.4, -0.2) is 23.0 Å². The molecule has 0 amide bonds. The number of carbonyl (C=O) groups is 1. The van der Waals surface area contributed by atoms with E-state index in [1.165, 1.54) is 0 Å². The monoisotopic (exact) mass is 307 g/mol. The highest BCUT2D eigenvalue weighted by molar-refractivity contribution is 5.95. The number of hydrogen-bond acceptors (Lipinski definition) is 5. The average Bonchev–Trinajstić information content (AvgIpc) is 2.59. The second kappa shape index (κ2) is 6.44. The van der Waals surface area contributed by atoms with Gasteiger partial charge in [-0.25, -0.2) is 14.8 Å². The number of esters is 1. The first-order chi connectivity index (χ1) is 11.2. The van der Waals surface area contributed by atoms with Crippen LogP contribution in [0.5, 0.6) is 0 Å². The predicted molar refractivity (Wildman–Crippen MR) is 89.4 cm³/mol. The maximum absolute atomic E-state index is 12.3. The summed E-state index contributed by atoms with van der Waals surface area (Å²) in [7, 11) is 1.77. The van der Waals surface area contributed by atoms with Crippen LogP contribution in [0.3, 0.4) is 0 Å². The van der Waals surface area contributed by atoms with Gasteiger partial charge in [0.05, 0.1) is 28.0 Å². The molecule has 1 heterocycles. The van der Waals surface area contributed by atoms with Crippen molar-refractivity contribution in [2.75, 3.05) is 12.4 Å². The first-order valence-corrected chi connectivity index (χ1v) is 7.35. The van der Waals surface area contributed by atoms with E-state index in [1.54, 1.807) is 19.2 Å². The minimum atomic E-state index is -0.385. The molecule has 2 aromatic carbocycles. The molecule has 5 nitrogen and oxygen atoms in total. The van der Waals surface area contributed by atoms with Crippen LogP contribution < -0.4 is 5.32 Å². The third-order valence-electron chi connectivity index (χ3n) is 3.60. The number of nitrogens with one attached hydrogen (secondary N) is 1. The number of rotatable bonds is 4. The number of aryl methyl sites for hydroxylation is 1. The van der Waals surface area contributed by atoms with Gasteiger partial charge in [-0.1, -0.05) is 24.3 Å². The lowest BCUT2D eigenvalue weighted by Crippen LogP contribution is -2.10. The molecule has 1 aromatic heterocycles. The van der Waals surface area contributed by atoms with Crippen LogP contribution in [0, 0.1) is 6.92 Å². The van der Waals surface area contributed by atoms with Gasteiger partial charge < -0.3 is 10.1 Å². The molecule has 0 aliphatic carbocycles. The van der Waals surface area contributed by atoms with Crippen molar-refractivity contribution in [3.63, 3.8) is 0 Å². The number of hydrogen-bond donors (Lipinski definition) is 1. The van der Waals surface area contributed by atoms with Crippen molar-refractivity contribution in [2.24, 2.45) is 0 Å². The van der Waals surface area contributed by atoms with E-state index < -0.39 is 0 Å². The van der Waals surface area contributed by atoms with Crippen LogP contribution in [-0.2, 0) is 11.3 Å². The fraction of sp³-hybridized carbons (Fsp3) is 0.167. The summed E-state index contributed by atoms with van der Waals surface area (Å²) in [5.74, 6) is -0.385. The van der Waals surface area contributed by atoms with Gasteiger partial charge in [-0.05, 0) is 31.2 Å². The van der Waals surface area contributed by atoms with Gasteiger partial charge in [0.1, 0.15) is 6.61 Å². The Labute approximate surface area is 134 Å². The molecule has 116 valence electrons. The van der Waals surface area contributed by atoms with Gasteiger partial charge in [-0.2, -0.15) is 0 Å². The molecule has 3 aromatic rings. The molecule has 23 heavy (non-hydrogen) atoms. The fourth-order valence-corrected chi connectivity index (χ4v) is 2.35. The predicted octanol–water partition coefficient (Wildman–Crippen LogP) is 3.34. The highest BCUT2D eigenvalue weighted by atomic mass is 16.5. The van der Waals surface area contributed by atoms with E-state index in [4.69, 9.17) is 4.74 Å². The molecule has 5 heteroatoms.